The lowest BCUT2D eigenvalue weighted by atomic mass is 9.97. The third kappa shape index (κ3) is 5.13. The first-order valence-electron chi connectivity index (χ1n) is 8.25. The highest BCUT2D eigenvalue weighted by Gasteiger charge is 2.09. The van der Waals surface area contributed by atoms with Gasteiger partial charge in [-0.15, -0.1) is 10.2 Å². The molecule has 0 fully saturated rings. The zero-order chi connectivity index (χ0) is 15.8. The summed E-state index contributed by atoms with van der Waals surface area (Å²) in [6, 6.07) is 3.86. The Morgan fingerprint density at radius 1 is 1.32 bits per heavy atom. The number of hydrogen-bond acceptors (Lipinski definition) is 4. The van der Waals surface area contributed by atoms with Gasteiger partial charge in [0.05, 0.1) is 0 Å². The van der Waals surface area contributed by atoms with Crippen molar-refractivity contribution < 1.29 is 4.79 Å². The van der Waals surface area contributed by atoms with Crippen LogP contribution in [-0.4, -0.2) is 28.7 Å². The minimum atomic E-state index is -0.154. The summed E-state index contributed by atoms with van der Waals surface area (Å²) in [7, 11) is 0. The Hall–Kier alpha value is -1.91. The van der Waals surface area contributed by atoms with Gasteiger partial charge in [-0.1, -0.05) is 18.6 Å². The van der Waals surface area contributed by atoms with Crippen molar-refractivity contribution >= 4 is 11.7 Å². The summed E-state index contributed by atoms with van der Waals surface area (Å²) in [6.45, 7) is 4.86. The second-order valence-corrected chi connectivity index (χ2v) is 5.87. The van der Waals surface area contributed by atoms with E-state index in [1.54, 1.807) is 12.1 Å². The van der Waals surface area contributed by atoms with E-state index in [1.165, 1.54) is 31.3 Å². The van der Waals surface area contributed by atoms with Crippen LogP contribution in [0.4, 0.5) is 5.82 Å². The van der Waals surface area contributed by atoms with Crippen LogP contribution in [0, 0.1) is 0 Å². The van der Waals surface area contributed by atoms with Crippen LogP contribution in [0.15, 0.2) is 23.8 Å². The van der Waals surface area contributed by atoms with Crippen molar-refractivity contribution in [3.05, 3.63) is 29.5 Å². The zero-order valence-corrected chi connectivity index (χ0v) is 13.6. The van der Waals surface area contributed by atoms with Gasteiger partial charge in [0.2, 0.25) is 0 Å². The van der Waals surface area contributed by atoms with Gasteiger partial charge in [0, 0.05) is 12.6 Å². The number of amides is 1. The Morgan fingerprint density at radius 3 is 2.82 bits per heavy atom. The van der Waals surface area contributed by atoms with Crippen molar-refractivity contribution in [1.29, 1.82) is 0 Å². The van der Waals surface area contributed by atoms with Gasteiger partial charge in [-0.25, -0.2) is 0 Å². The maximum atomic E-state index is 12.0. The Bertz CT molecular complexity index is 510. The van der Waals surface area contributed by atoms with E-state index in [0.29, 0.717) is 24.1 Å². The summed E-state index contributed by atoms with van der Waals surface area (Å²) >= 11 is 0. The van der Waals surface area contributed by atoms with Crippen LogP contribution >= 0.6 is 0 Å². The molecular formula is C17H26N4O. The molecule has 120 valence electrons. The van der Waals surface area contributed by atoms with Crippen molar-refractivity contribution in [2.45, 2.75) is 58.4 Å². The summed E-state index contributed by atoms with van der Waals surface area (Å²) in [5.41, 5.74) is 1.83. The molecule has 0 saturated carbocycles. The molecule has 2 N–H and O–H groups in total. The summed E-state index contributed by atoms with van der Waals surface area (Å²) in [4.78, 5) is 12.0. The fourth-order valence-corrected chi connectivity index (χ4v) is 2.44. The van der Waals surface area contributed by atoms with E-state index < -0.39 is 0 Å². The number of anilines is 1. The highest BCUT2D eigenvalue weighted by molar-refractivity contribution is 5.92. The quantitative estimate of drug-likeness (QED) is 0.758. The monoisotopic (exact) mass is 302 g/mol. The third-order valence-corrected chi connectivity index (χ3v) is 4.02. The molecule has 0 saturated heterocycles. The maximum absolute atomic E-state index is 12.0. The van der Waals surface area contributed by atoms with E-state index in [9.17, 15) is 4.79 Å². The summed E-state index contributed by atoms with van der Waals surface area (Å²) in [6.07, 6.45) is 9.18. The number of hydrogen-bond donors (Lipinski definition) is 2. The highest BCUT2D eigenvalue weighted by atomic mass is 16.1. The number of nitrogens with one attached hydrogen (secondary N) is 2. The van der Waals surface area contributed by atoms with Crippen LogP contribution in [0.25, 0.3) is 0 Å². The molecule has 1 atom stereocenters. The second-order valence-electron chi connectivity index (χ2n) is 5.87. The Balaban J connectivity index is 1.78. The van der Waals surface area contributed by atoms with Crippen LogP contribution in [0.1, 0.15) is 62.9 Å². The first-order valence-corrected chi connectivity index (χ1v) is 8.25. The lowest BCUT2D eigenvalue weighted by molar-refractivity contribution is 0.0948. The largest absolute Gasteiger partial charge is 0.366 e. The SMILES string of the molecule is CCC(C)Nc1ccc(C(=O)NCCC2=CCCCC2)nn1. The van der Waals surface area contributed by atoms with Crippen LogP contribution in [-0.2, 0) is 0 Å². The summed E-state index contributed by atoms with van der Waals surface area (Å²) < 4.78 is 0. The minimum absolute atomic E-state index is 0.154. The molecule has 0 aliphatic heterocycles. The first-order chi connectivity index (χ1) is 10.7. The van der Waals surface area contributed by atoms with Gasteiger partial charge in [-0.3, -0.25) is 4.79 Å². The predicted molar refractivity (Wildman–Crippen MR) is 88.9 cm³/mol. The van der Waals surface area contributed by atoms with Crippen molar-refractivity contribution in [2.75, 3.05) is 11.9 Å². The molecule has 5 nitrogen and oxygen atoms in total. The smallest absolute Gasteiger partial charge is 0.271 e. The van der Waals surface area contributed by atoms with Gasteiger partial charge in [-0.05, 0) is 57.6 Å². The first kappa shape index (κ1) is 16.5. The van der Waals surface area contributed by atoms with E-state index in [-0.39, 0.29) is 5.91 Å². The molecule has 1 aliphatic carbocycles. The number of aromatic nitrogens is 2. The summed E-state index contributed by atoms with van der Waals surface area (Å²) in [5, 5.41) is 14.2. The fraction of sp³-hybridized carbons (Fsp3) is 0.588. The maximum Gasteiger partial charge on any atom is 0.271 e. The van der Waals surface area contributed by atoms with Gasteiger partial charge in [0.15, 0.2) is 5.69 Å². The average molecular weight is 302 g/mol. The average Bonchev–Trinajstić information content (AvgIpc) is 2.56. The molecular weight excluding hydrogens is 276 g/mol. The number of allylic oxidation sites excluding steroid dienone is 1. The Morgan fingerprint density at radius 2 is 2.18 bits per heavy atom. The molecule has 1 aromatic rings. The number of rotatable bonds is 7. The van der Waals surface area contributed by atoms with Crippen molar-refractivity contribution in [3.8, 4) is 0 Å². The van der Waals surface area contributed by atoms with E-state index >= 15 is 0 Å². The topological polar surface area (TPSA) is 66.9 Å². The predicted octanol–water partition coefficient (Wildman–Crippen LogP) is 3.31. The Kier molecular flexibility index (Phi) is 6.37. The molecule has 0 aromatic carbocycles. The van der Waals surface area contributed by atoms with E-state index in [1.807, 2.05) is 0 Å². The second kappa shape index (κ2) is 8.51. The molecule has 1 aliphatic rings. The van der Waals surface area contributed by atoms with Gasteiger partial charge in [-0.2, -0.15) is 0 Å². The lowest BCUT2D eigenvalue weighted by Gasteiger charge is -2.13. The highest BCUT2D eigenvalue weighted by Crippen LogP contribution is 2.19. The fourth-order valence-electron chi connectivity index (χ4n) is 2.44. The zero-order valence-electron chi connectivity index (χ0n) is 13.6. The van der Waals surface area contributed by atoms with Crippen LogP contribution in [0.3, 0.4) is 0 Å². The van der Waals surface area contributed by atoms with Crippen molar-refractivity contribution in [2.24, 2.45) is 0 Å². The van der Waals surface area contributed by atoms with Gasteiger partial charge in [0.1, 0.15) is 5.82 Å². The van der Waals surface area contributed by atoms with E-state index in [0.717, 1.165) is 12.8 Å². The van der Waals surface area contributed by atoms with Crippen molar-refractivity contribution in [1.82, 2.24) is 15.5 Å². The Labute approximate surface area is 132 Å². The van der Waals surface area contributed by atoms with Gasteiger partial charge < -0.3 is 10.6 Å². The molecule has 22 heavy (non-hydrogen) atoms. The standard InChI is InChI=1S/C17H26N4O/c1-3-13(2)19-16-10-9-15(20-21-16)17(22)18-12-11-14-7-5-4-6-8-14/h7,9-10,13H,3-6,8,11-12H2,1-2H3,(H,18,22)(H,19,21). The minimum Gasteiger partial charge on any atom is -0.366 e. The molecule has 5 heteroatoms. The molecule has 1 unspecified atom stereocenters. The third-order valence-electron chi connectivity index (χ3n) is 4.02. The van der Waals surface area contributed by atoms with Gasteiger partial charge >= 0.3 is 0 Å². The van der Waals surface area contributed by atoms with Gasteiger partial charge in [0.25, 0.3) is 5.91 Å². The molecule has 2 rings (SSSR count). The van der Waals surface area contributed by atoms with Crippen molar-refractivity contribution in [3.63, 3.8) is 0 Å². The molecule has 0 spiro atoms. The van der Waals surface area contributed by atoms with E-state index in [4.69, 9.17) is 0 Å². The van der Waals surface area contributed by atoms with Crippen LogP contribution < -0.4 is 10.6 Å². The summed E-state index contributed by atoms with van der Waals surface area (Å²) in [5.74, 6) is 0.553. The molecule has 1 amide bonds. The molecule has 1 heterocycles. The number of nitrogens with zero attached hydrogens (tertiary/aromatic N) is 2. The molecule has 1 aromatic heterocycles. The number of carbonyl (C=O) groups excluding carboxylic acids is 1. The number of carbonyl (C=O) groups is 1. The normalized spacial score (nSPS) is 15.8. The van der Waals surface area contributed by atoms with Crippen LogP contribution in [0.5, 0.6) is 0 Å². The molecule has 0 radical (unpaired) electrons. The lowest BCUT2D eigenvalue weighted by Crippen LogP contribution is -2.26. The van der Waals surface area contributed by atoms with E-state index in [2.05, 4.69) is 40.8 Å². The van der Waals surface area contributed by atoms with Crippen LogP contribution in [0.2, 0.25) is 0 Å². The molecule has 0 bridgehead atoms.